The minimum atomic E-state index is -0.361. The van der Waals surface area contributed by atoms with E-state index in [9.17, 15) is 9.18 Å². The number of aromatic nitrogens is 4. The van der Waals surface area contributed by atoms with Crippen LogP contribution in [0.15, 0.2) is 36.9 Å². The first kappa shape index (κ1) is 16.3. The Morgan fingerprint density at radius 1 is 1.38 bits per heavy atom. The number of rotatable bonds is 3. The number of fused-ring (bicyclic) bond motifs is 2. The molecule has 1 N–H and O–H groups in total. The molecule has 1 aliphatic rings. The van der Waals surface area contributed by atoms with E-state index in [2.05, 4.69) is 21.6 Å². The zero-order valence-electron chi connectivity index (χ0n) is 14.1. The fraction of sp³-hybridized carbons (Fsp3) is 0.278. The van der Waals surface area contributed by atoms with Gasteiger partial charge in [-0.15, -0.1) is 0 Å². The Hall–Kier alpha value is -3.16. The van der Waals surface area contributed by atoms with Crippen molar-refractivity contribution >= 4 is 17.1 Å². The van der Waals surface area contributed by atoms with E-state index in [1.165, 1.54) is 12.1 Å². The van der Waals surface area contributed by atoms with Crippen molar-refractivity contribution in [1.82, 2.24) is 24.6 Å². The summed E-state index contributed by atoms with van der Waals surface area (Å²) in [4.78, 5) is 21.3. The summed E-state index contributed by atoms with van der Waals surface area (Å²) < 4.78 is 20.4. The molecule has 0 radical (unpaired) electrons. The third-order valence-corrected chi connectivity index (χ3v) is 4.28. The molecule has 8 heteroatoms. The first-order valence-corrected chi connectivity index (χ1v) is 8.39. The van der Waals surface area contributed by atoms with Gasteiger partial charge in [0.2, 0.25) is 0 Å². The van der Waals surface area contributed by atoms with Gasteiger partial charge in [-0.1, -0.05) is 12.7 Å². The third-order valence-electron chi connectivity index (χ3n) is 4.28. The van der Waals surface area contributed by atoms with Gasteiger partial charge in [-0.2, -0.15) is 5.10 Å². The quantitative estimate of drug-likeness (QED) is 0.733. The number of carbonyl (C=O) groups excluding carboxylic acids is 1. The molecular formula is C18H18FN5O2. The first-order valence-electron chi connectivity index (χ1n) is 8.39. The molecule has 4 rings (SSSR count). The molecule has 1 aliphatic heterocycles. The van der Waals surface area contributed by atoms with Crippen LogP contribution in [-0.4, -0.2) is 43.9 Å². The summed E-state index contributed by atoms with van der Waals surface area (Å²) in [6.45, 7) is 5.47. The summed E-state index contributed by atoms with van der Waals surface area (Å²) in [6.07, 6.45) is 1.96. The van der Waals surface area contributed by atoms with Gasteiger partial charge in [-0.3, -0.25) is 4.68 Å². The number of carbonyl (C=O) groups is 1. The van der Waals surface area contributed by atoms with E-state index in [0.717, 1.165) is 12.1 Å². The number of nitrogens with zero attached hydrogens (tertiary/aromatic N) is 4. The Morgan fingerprint density at radius 2 is 2.27 bits per heavy atom. The zero-order valence-corrected chi connectivity index (χ0v) is 14.1. The molecule has 26 heavy (non-hydrogen) atoms. The molecule has 0 unspecified atom stereocenters. The van der Waals surface area contributed by atoms with E-state index in [0.29, 0.717) is 42.2 Å². The van der Waals surface area contributed by atoms with Gasteiger partial charge in [0.15, 0.2) is 5.82 Å². The maximum atomic E-state index is 13.4. The first-order chi connectivity index (χ1) is 12.6. The van der Waals surface area contributed by atoms with Crippen molar-refractivity contribution < 1.29 is 13.9 Å². The molecule has 0 bridgehead atoms. The highest BCUT2D eigenvalue weighted by atomic mass is 19.1. The lowest BCUT2D eigenvalue weighted by Crippen LogP contribution is -2.31. The largest absolute Gasteiger partial charge is 0.445 e. The van der Waals surface area contributed by atoms with Gasteiger partial charge < -0.3 is 14.6 Å². The second kappa shape index (κ2) is 6.62. The topological polar surface area (TPSA) is 76.0 Å². The summed E-state index contributed by atoms with van der Waals surface area (Å²) in [7, 11) is 0. The highest BCUT2D eigenvalue weighted by molar-refractivity contribution is 5.78. The molecule has 1 aromatic carbocycles. The highest BCUT2D eigenvalue weighted by Gasteiger charge is 2.22. The van der Waals surface area contributed by atoms with E-state index in [4.69, 9.17) is 4.74 Å². The standard InChI is InChI=1S/C18H18FN5O2/c1-2-8-26-18(25)23-6-3-7-24-13(11-23)10-16(22-24)17-20-14-5-4-12(19)9-15(14)21-17/h2,4-5,9-10H,1,3,6-8,11H2,(H,20,21). The Morgan fingerprint density at radius 3 is 3.12 bits per heavy atom. The number of hydrogen-bond acceptors (Lipinski definition) is 4. The number of amides is 1. The van der Waals surface area contributed by atoms with Gasteiger partial charge in [-0.05, 0) is 30.7 Å². The second-order valence-electron chi connectivity index (χ2n) is 6.13. The minimum Gasteiger partial charge on any atom is -0.445 e. The summed E-state index contributed by atoms with van der Waals surface area (Å²) in [5, 5.41) is 4.59. The maximum Gasteiger partial charge on any atom is 0.410 e. The Balaban J connectivity index is 1.61. The molecule has 0 saturated carbocycles. The van der Waals surface area contributed by atoms with Gasteiger partial charge in [-0.25, -0.2) is 14.2 Å². The zero-order chi connectivity index (χ0) is 18.1. The van der Waals surface area contributed by atoms with Gasteiger partial charge in [0.05, 0.1) is 23.3 Å². The maximum absolute atomic E-state index is 13.4. The van der Waals surface area contributed by atoms with Crippen LogP contribution in [0.25, 0.3) is 22.6 Å². The van der Waals surface area contributed by atoms with Crippen molar-refractivity contribution in [3.8, 4) is 11.5 Å². The number of benzene rings is 1. The van der Waals surface area contributed by atoms with E-state index in [1.54, 1.807) is 17.0 Å². The molecule has 0 atom stereocenters. The van der Waals surface area contributed by atoms with Crippen LogP contribution in [-0.2, 0) is 17.8 Å². The number of aryl methyl sites for hydroxylation is 1. The fourth-order valence-corrected chi connectivity index (χ4v) is 3.06. The van der Waals surface area contributed by atoms with Crippen molar-refractivity contribution in [2.45, 2.75) is 19.5 Å². The smallest absolute Gasteiger partial charge is 0.410 e. The Labute approximate surface area is 149 Å². The molecule has 134 valence electrons. The molecule has 0 saturated heterocycles. The molecule has 7 nitrogen and oxygen atoms in total. The fourth-order valence-electron chi connectivity index (χ4n) is 3.06. The average Bonchev–Trinajstić information content (AvgIpc) is 3.17. The van der Waals surface area contributed by atoms with Crippen LogP contribution in [0, 0.1) is 5.82 Å². The number of hydrogen-bond donors (Lipinski definition) is 1. The number of halogens is 1. The Kier molecular flexibility index (Phi) is 4.16. The molecule has 0 fully saturated rings. The average molecular weight is 355 g/mol. The lowest BCUT2D eigenvalue weighted by Gasteiger charge is -2.18. The number of H-pyrrole nitrogens is 1. The molecule has 3 heterocycles. The van der Waals surface area contributed by atoms with E-state index in [1.807, 2.05) is 10.7 Å². The lowest BCUT2D eigenvalue weighted by molar-refractivity contribution is 0.110. The van der Waals surface area contributed by atoms with Crippen molar-refractivity contribution in [1.29, 1.82) is 0 Å². The Bertz CT molecular complexity index is 977. The summed E-state index contributed by atoms with van der Waals surface area (Å²) in [5.41, 5.74) is 2.87. The van der Waals surface area contributed by atoms with Crippen LogP contribution in [0.4, 0.5) is 9.18 Å². The SMILES string of the molecule is C=CCOC(=O)N1CCCn2nc(-c3nc4ccc(F)cc4[nH]3)cc2C1. The second-order valence-corrected chi connectivity index (χ2v) is 6.13. The minimum absolute atomic E-state index is 0.190. The molecule has 1 amide bonds. The van der Waals surface area contributed by atoms with Crippen molar-refractivity contribution in [3.63, 3.8) is 0 Å². The molecule has 0 spiro atoms. The number of ether oxygens (including phenoxy) is 1. The highest BCUT2D eigenvalue weighted by Crippen LogP contribution is 2.23. The van der Waals surface area contributed by atoms with Gasteiger partial charge in [0.25, 0.3) is 0 Å². The van der Waals surface area contributed by atoms with Crippen LogP contribution in [0.5, 0.6) is 0 Å². The van der Waals surface area contributed by atoms with Crippen molar-refractivity contribution in [2.24, 2.45) is 0 Å². The van der Waals surface area contributed by atoms with Crippen LogP contribution < -0.4 is 0 Å². The molecule has 2 aromatic heterocycles. The lowest BCUT2D eigenvalue weighted by atomic mass is 10.3. The number of imidazole rings is 1. The van der Waals surface area contributed by atoms with E-state index >= 15 is 0 Å². The predicted molar refractivity (Wildman–Crippen MR) is 93.8 cm³/mol. The predicted octanol–water partition coefficient (Wildman–Crippen LogP) is 3.09. The molecular weight excluding hydrogens is 337 g/mol. The summed E-state index contributed by atoms with van der Waals surface area (Å²) >= 11 is 0. The van der Waals surface area contributed by atoms with Crippen LogP contribution in [0.1, 0.15) is 12.1 Å². The number of aromatic amines is 1. The van der Waals surface area contributed by atoms with E-state index < -0.39 is 0 Å². The molecule has 0 aliphatic carbocycles. The third kappa shape index (κ3) is 3.05. The van der Waals surface area contributed by atoms with Crippen molar-refractivity contribution in [3.05, 3.63) is 48.4 Å². The van der Waals surface area contributed by atoms with Gasteiger partial charge in [0.1, 0.15) is 18.1 Å². The van der Waals surface area contributed by atoms with Crippen LogP contribution >= 0.6 is 0 Å². The normalized spacial score (nSPS) is 14.1. The van der Waals surface area contributed by atoms with E-state index in [-0.39, 0.29) is 18.5 Å². The van der Waals surface area contributed by atoms with Crippen molar-refractivity contribution in [2.75, 3.05) is 13.2 Å². The number of nitrogens with one attached hydrogen (secondary N) is 1. The van der Waals surface area contributed by atoms with Crippen LogP contribution in [0.3, 0.4) is 0 Å². The molecule has 3 aromatic rings. The monoisotopic (exact) mass is 355 g/mol. The summed E-state index contributed by atoms with van der Waals surface area (Å²) in [5.74, 6) is 0.258. The van der Waals surface area contributed by atoms with Gasteiger partial charge in [0, 0.05) is 13.1 Å². The van der Waals surface area contributed by atoms with Gasteiger partial charge >= 0.3 is 6.09 Å². The van der Waals surface area contributed by atoms with Crippen LogP contribution in [0.2, 0.25) is 0 Å². The summed E-state index contributed by atoms with van der Waals surface area (Å²) in [6, 6.07) is 6.31.